The SMILES string of the molecule is COC(=O)c1ccc2c3cc(/C=C/[N+](=O)[O-])c(OC)cc3n(C)c2c1. The van der Waals surface area contributed by atoms with Crippen LogP contribution in [-0.4, -0.2) is 29.7 Å². The van der Waals surface area contributed by atoms with Crippen molar-refractivity contribution in [2.45, 2.75) is 0 Å². The monoisotopic (exact) mass is 340 g/mol. The third-order valence-electron chi connectivity index (χ3n) is 4.16. The van der Waals surface area contributed by atoms with Gasteiger partial charge >= 0.3 is 5.97 Å². The zero-order chi connectivity index (χ0) is 18.1. The summed E-state index contributed by atoms with van der Waals surface area (Å²) in [5.74, 6) is 0.129. The summed E-state index contributed by atoms with van der Waals surface area (Å²) in [6.07, 6.45) is 2.28. The number of aromatic nitrogens is 1. The fraction of sp³-hybridized carbons (Fsp3) is 0.167. The number of rotatable bonds is 4. The minimum atomic E-state index is -0.518. The molecule has 3 aromatic rings. The molecule has 0 bridgehead atoms. The number of nitrogens with zero attached hydrogens (tertiary/aromatic N) is 2. The molecule has 0 atom stereocenters. The van der Waals surface area contributed by atoms with Gasteiger partial charge in [-0.2, -0.15) is 0 Å². The molecule has 0 saturated carbocycles. The molecular weight excluding hydrogens is 324 g/mol. The van der Waals surface area contributed by atoms with Gasteiger partial charge in [-0.05, 0) is 18.2 Å². The molecule has 25 heavy (non-hydrogen) atoms. The zero-order valence-corrected chi connectivity index (χ0v) is 14.0. The number of benzene rings is 2. The van der Waals surface area contributed by atoms with Crippen LogP contribution in [0, 0.1) is 10.1 Å². The predicted molar refractivity (Wildman–Crippen MR) is 94.3 cm³/mol. The molecule has 0 aliphatic carbocycles. The standard InChI is InChI=1S/C18H16N2O5/c1-19-15-9-12(18(21)25-3)4-5-13(15)14-8-11(6-7-20(22)23)17(24-2)10-16(14)19/h4-10H,1-3H3/b7-6+. The van der Waals surface area contributed by atoms with Gasteiger partial charge in [0, 0.05) is 41.0 Å². The van der Waals surface area contributed by atoms with E-state index in [4.69, 9.17) is 9.47 Å². The molecule has 2 aromatic carbocycles. The fourth-order valence-corrected chi connectivity index (χ4v) is 2.94. The van der Waals surface area contributed by atoms with Crippen LogP contribution in [-0.2, 0) is 11.8 Å². The fourth-order valence-electron chi connectivity index (χ4n) is 2.94. The minimum Gasteiger partial charge on any atom is -0.496 e. The van der Waals surface area contributed by atoms with E-state index in [0.29, 0.717) is 16.9 Å². The second-order valence-electron chi connectivity index (χ2n) is 5.49. The van der Waals surface area contributed by atoms with Crippen molar-refractivity contribution < 1.29 is 19.2 Å². The van der Waals surface area contributed by atoms with Gasteiger partial charge in [0.1, 0.15) is 5.75 Å². The van der Waals surface area contributed by atoms with E-state index >= 15 is 0 Å². The Labute approximate surface area is 143 Å². The van der Waals surface area contributed by atoms with Gasteiger partial charge in [0.25, 0.3) is 0 Å². The smallest absolute Gasteiger partial charge is 0.337 e. The number of nitro groups is 1. The van der Waals surface area contributed by atoms with Gasteiger partial charge in [-0.15, -0.1) is 0 Å². The average Bonchev–Trinajstić information content (AvgIpc) is 2.89. The van der Waals surface area contributed by atoms with Gasteiger partial charge in [-0.3, -0.25) is 10.1 Å². The maximum Gasteiger partial charge on any atom is 0.337 e. The second-order valence-corrected chi connectivity index (χ2v) is 5.49. The summed E-state index contributed by atoms with van der Waals surface area (Å²) in [7, 11) is 4.74. The molecule has 1 aromatic heterocycles. The van der Waals surface area contributed by atoms with E-state index in [0.717, 1.165) is 28.0 Å². The summed E-state index contributed by atoms with van der Waals surface area (Å²) in [6, 6.07) is 8.98. The van der Waals surface area contributed by atoms with Crippen LogP contribution >= 0.6 is 0 Å². The molecule has 128 valence electrons. The zero-order valence-electron chi connectivity index (χ0n) is 14.0. The van der Waals surface area contributed by atoms with E-state index in [1.807, 2.05) is 29.8 Å². The first-order chi connectivity index (χ1) is 12.0. The Bertz CT molecular complexity index is 1030. The number of esters is 1. The molecule has 0 amide bonds. The number of fused-ring (bicyclic) bond motifs is 3. The van der Waals surface area contributed by atoms with E-state index < -0.39 is 10.9 Å². The molecule has 1 heterocycles. The lowest BCUT2D eigenvalue weighted by Crippen LogP contribution is -2.01. The van der Waals surface area contributed by atoms with Crippen LogP contribution in [0.3, 0.4) is 0 Å². The topological polar surface area (TPSA) is 83.6 Å². The van der Waals surface area contributed by atoms with Crippen molar-refractivity contribution in [1.82, 2.24) is 4.57 Å². The van der Waals surface area contributed by atoms with Crippen molar-refractivity contribution in [2.24, 2.45) is 7.05 Å². The van der Waals surface area contributed by atoms with Crippen molar-refractivity contribution >= 4 is 33.9 Å². The molecule has 0 unspecified atom stereocenters. The molecule has 0 spiro atoms. The van der Waals surface area contributed by atoms with Crippen LogP contribution in [0.25, 0.3) is 27.9 Å². The Morgan fingerprint density at radius 2 is 1.88 bits per heavy atom. The van der Waals surface area contributed by atoms with Crippen LogP contribution < -0.4 is 4.74 Å². The largest absolute Gasteiger partial charge is 0.496 e. The quantitative estimate of drug-likeness (QED) is 0.413. The van der Waals surface area contributed by atoms with Crippen molar-refractivity contribution in [2.75, 3.05) is 14.2 Å². The number of hydrogen-bond donors (Lipinski definition) is 0. The summed E-state index contributed by atoms with van der Waals surface area (Å²) in [5.41, 5.74) is 2.82. The summed E-state index contributed by atoms with van der Waals surface area (Å²) in [6.45, 7) is 0. The third kappa shape index (κ3) is 2.80. The lowest BCUT2D eigenvalue weighted by atomic mass is 10.1. The lowest BCUT2D eigenvalue weighted by molar-refractivity contribution is -0.400. The van der Waals surface area contributed by atoms with E-state index in [9.17, 15) is 14.9 Å². The highest BCUT2D eigenvalue weighted by Gasteiger charge is 2.15. The molecule has 0 fully saturated rings. The maximum atomic E-state index is 11.8. The van der Waals surface area contributed by atoms with Crippen LogP contribution in [0.1, 0.15) is 15.9 Å². The van der Waals surface area contributed by atoms with Gasteiger partial charge in [0.2, 0.25) is 6.20 Å². The first-order valence-corrected chi connectivity index (χ1v) is 7.46. The van der Waals surface area contributed by atoms with Crippen LogP contribution in [0.5, 0.6) is 5.75 Å². The molecule has 0 aliphatic heterocycles. The highest BCUT2D eigenvalue weighted by Crippen LogP contribution is 2.34. The number of methoxy groups -OCH3 is 2. The summed E-state index contributed by atoms with van der Waals surface area (Å²) in [5, 5.41) is 12.5. The molecule has 7 nitrogen and oxygen atoms in total. The molecule has 3 rings (SSSR count). The number of carbonyl (C=O) groups is 1. The van der Waals surface area contributed by atoms with Crippen molar-refractivity contribution in [3.05, 3.63) is 57.8 Å². The van der Waals surface area contributed by atoms with E-state index in [-0.39, 0.29) is 0 Å². The van der Waals surface area contributed by atoms with Crippen molar-refractivity contribution in [3.8, 4) is 5.75 Å². The Hall–Kier alpha value is -3.35. The number of aryl methyl sites for hydroxylation is 1. The van der Waals surface area contributed by atoms with Crippen LogP contribution in [0.4, 0.5) is 0 Å². The van der Waals surface area contributed by atoms with Gasteiger partial charge in [-0.1, -0.05) is 6.07 Å². The first-order valence-electron chi connectivity index (χ1n) is 7.46. The molecule has 0 saturated heterocycles. The summed E-state index contributed by atoms with van der Waals surface area (Å²) < 4.78 is 12.1. The maximum absolute atomic E-state index is 11.8. The van der Waals surface area contributed by atoms with Crippen molar-refractivity contribution in [1.29, 1.82) is 0 Å². The minimum absolute atomic E-state index is 0.403. The number of hydrogen-bond acceptors (Lipinski definition) is 5. The number of ether oxygens (including phenoxy) is 2. The molecule has 0 radical (unpaired) electrons. The van der Waals surface area contributed by atoms with Gasteiger partial charge in [-0.25, -0.2) is 4.79 Å². The normalized spacial score (nSPS) is 11.3. The van der Waals surface area contributed by atoms with E-state index in [1.165, 1.54) is 20.3 Å². The Balaban J connectivity index is 2.29. The first kappa shape index (κ1) is 16.5. The Kier molecular flexibility index (Phi) is 4.14. The van der Waals surface area contributed by atoms with Crippen LogP contribution in [0.2, 0.25) is 0 Å². The molecular formula is C18H16N2O5. The molecule has 0 aliphatic rings. The second kappa shape index (κ2) is 6.27. The van der Waals surface area contributed by atoms with E-state index in [2.05, 4.69) is 0 Å². The molecule has 7 heteroatoms. The van der Waals surface area contributed by atoms with E-state index in [1.54, 1.807) is 12.1 Å². The Morgan fingerprint density at radius 3 is 2.52 bits per heavy atom. The lowest BCUT2D eigenvalue weighted by Gasteiger charge is -2.06. The average molecular weight is 340 g/mol. The van der Waals surface area contributed by atoms with Crippen molar-refractivity contribution in [3.63, 3.8) is 0 Å². The highest BCUT2D eigenvalue weighted by molar-refractivity contribution is 6.10. The predicted octanol–water partition coefficient (Wildman–Crippen LogP) is 3.37. The summed E-state index contributed by atoms with van der Waals surface area (Å²) in [4.78, 5) is 21.9. The van der Waals surface area contributed by atoms with Crippen LogP contribution in [0.15, 0.2) is 36.5 Å². The van der Waals surface area contributed by atoms with Gasteiger partial charge < -0.3 is 14.0 Å². The summed E-state index contributed by atoms with van der Waals surface area (Å²) >= 11 is 0. The Morgan fingerprint density at radius 1 is 1.16 bits per heavy atom. The molecule has 0 N–H and O–H groups in total. The van der Waals surface area contributed by atoms with Gasteiger partial charge in [0.05, 0.1) is 30.2 Å². The highest BCUT2D eigenvalue weighted by atomic mass is 16.6. The van der Waals surface area contributed by atoms with Gasteiger partial charge in [0.15, 0.2) is 0 Å². The third-order valence-corrected chi connectivity index (χ3v) is 4.16. The number of carbonyl (C=O) groups excluding carboxylic acids is 1.